The third-order valence-corrected chi connectivity index (χ3v) is 13.6. The first-order valence-corrected chi connectivity index (χ1v) is 22.4. The summed E-state index contributed by atoms with van der Waals surface area (Å²) in [6.45, 7) is 0. The second-order valence-corrected chi connectivity index (χ2v) is 17.0. The quantitative estimate of drug-likeness (QED) is 0.141. The Morgan fingerprint density at radius 1 is 0.339 bits per heavy atom. The van der Waals surface area contributed by atoms with Crippen molar-refractivity contribution in [3.63, 3.8) is 0 Å². The third-order valence-electron chi connectivity index (χ3n) is 13.6. The molecule has 0 aliphatic heterocycles. The summed E-state index contributed by atoms with van der Waals surface area (Å²) in [5, 5.41) is 0. The lowest BCUT2D eigenvalue weighted by atomic mass is 9.67. The Hall–Kier alpha value is -7.22. The number of hydrogen-bond acceptors (Lipinski definition) is 1. The molecule has 0 saturated heterocycles. The molecule has 0 aromatic heterocycles. The van der Waals surface area contributed by atoms with Crippen molar-refractivity contribution in [2.45, 2.75) is 43.4 Å². The van der Waals surface area contributed by atoms with Crippen molar-refractivity contribution >= 4 is 17.1 Å². The molecule has 0 spiro atoms. The summed E-state index contributed by atoms with van der Waals surface area (Å²) < 4.78 is 0. The number of fused-ring (bicyclic) bond motifs is 3. The zero-order chi connectivity index (χ0) is 41.3. The van der Waals surface area contributed by atoms with Crippen molar-refractivity contribution in [2.75, 3.05) is 4.90 Å². The van der Waals surface area contributed by atoms with Crippen molar-refractivity contribution in [1.82, 2.24) is 0 Å². The largest absolute Gasteiger partial charge is 0.310 e. The predicted octanol–water partition coefficient (Wildman–Crippen LogP) is 16.6. The van der Waals surface area contributed by atoms with E-state index in [-0.39, 0.29) is 0 Å². The van der Waals surface area contributed by atoms with Crippen LogP contribution in [0.1, 0.15) is 65.8 Å². The van der Waals surface area contributed by atoms with E-state index >= 15 is 0 Å². The summed E-state index contributed by atoms with van der Waals surface area (Å²) in [5.74, 6) is 0.631. The van der Waals surface area contributed by atoms with Gasteiger partial charge in [0.1, 0.15) is 0 Å². The maximum Gasteiger partial charge on any atom is 0.0714 e. The molecule has 0 radical (unpaired) electrons. The van der Waals surface area contributed by atoms with Crippen LogP contribution in [0.3, 0.4) is 0 Å². The minimum atomic E-state index is -0.528. The Labute approximate surface area is 366 Å². The molecular formula is C61H49N. The smallest absolute Gasteiger partial charge is 0.0714 e. The summed E-state index contributed by atoms with van der Waals surface area (Å²) in [6.07, 6.45) is 6.55. The Morgan fingerprint density at radius 2 is 0.790 bits per heavy atom. The van der Waals surface area contributed by atoms with Gasteiger partial charge in [-0.3, -0.25) is 0 Å². The molecule has 2 aliphatic rings. The highest BCUT2D eigenvalue weighted by Gasteiger charge is 2.46. The molecule has 0 bridgehead atoms. The van der Waals surface area contributed by atoms with Crippen molar-refractivity contribution in [3.8, 4) is 44.5 Å². The van der Waals surface area contributed by atoms with Crippen LogP contribution in [-0.4, -0.2) is 0 Å². The molecule has 9 aromatic carbocycles. The van der Waals surface area contributed by atoms with Gasteiger partial charge in [0, 0.05) is 16.9 Å². The lowest BCUT2D eigenvalue weighted by Crippen LogP contribution is -2.28. The highest BCUT2D eigenvalue weighted by Crippen LogP contribution is 2.59. The van der Waals surface area contributed by atoms with E-state index in [2.05, 4.69) is 235 Å². The molecule has 11 rings (SSSR count). The van der Waals surface area contributed by atoms with Crippen LogP contribution in [0.2, 0.25) is 0 Å². The summed E-state index contributed by atoms with van der Waals surface area (Å²) in [4.78, 5) is 2.52. The van der Waals surface area contributed by atoms with Gasteiger partial charge in [-0.2, -0.15) is 0 Å². The Balaban J connectivity index is 1.16. The lowest BCUT2D eigenvalue weighted by molar-refractivity contribution is 0.443. The fourth-order valence-electron chi connectivity index (χ4n) is 10.7. The van der Waals surface area contributed by atoms with Gasteiger partial charge in [0.25, 0.3) is 0 Å². The van der Waals surface area contributed by atoms with Gasteiger partial charge < -0.3 is 4.90 Å². The van der Waals surface area contributed by atoms with Gasteiger partial charge >= 0.3 is 0 Å². The van der Waals surface area contributed by atoms with Crippen molar-refractivity contribution in [1.29, 1.82) is 0 Å². The lowest BCUT2D eigenvalue weighted by Gasteiger charge is -2.35. The highest BCUT2D eigenvalue weighted by atomic mass is 15.1. The standard InChI is InChI=1S/C61H49N/c1-6-20-44(21-7-1)45-34-38-51(39-35-45)62(52-40-36-48(37-41-52)54-31-17-16-30-53(54)46-22-8-2-9-23-46)60-43-59-57(42-56(60)47-24-10-3-11-25-47)55-32-18-19-33-58(55)61(59,49-26-12-4-13-27-49)50-28-14-5-15-29-50/h2-5,8-19,22-44H,1,6-7,20-21H2. The molecule has 9 aromatic rings. The predicted molar refractivity (Wildman–Crippen MR) is 261 cm³/mol. The summed E-state index contributed by atoms with van der Waals surface area (Å²) in [6, 6.07) is 85.7. The maximum atomic E-state index is 2.53. The number of hydrogen-bond donors (Lipinski definition) is 0. The van der Waals surface area contributed by atoms with Gasteiger partial charge in [-0.05, 0) is 122 Å². The van der Waals surface area contributed by atoms with Crippen LogP contribution in [0.4, 0.5) is 17.1 Å². The van der Waals surface area contributed by atoms with Crippen LogP contribution in [0.15, 0.2) is 231 Å². The normalized spacial score (nSPS) is 14.2. The van der Waals surface area contributed by atoms with Crippen molar-refractivity contribution in [3.05, 3.63) is 258 Å². The SMILES string of the molecule is c1ccc(-c2ccccc2-c2ccc(N(c3ccc(C4CCCCC4)cc3)c3cc4c(cc3-c3ccccc3)-c3ccccc3C4(c3ccccc3)c3ccccc3)cc2)cc1. The monoisotopic (exact) mass is 795 g/mol. The van der Waals surface area contributed by atoms with Gasteiger partial charge in [-0.25, -0.2) is 0 Å². The van der Waals surface area contributed by atoms with Gasteiger partial charge in [-0.1, -0.05) is 213 Å². The molecule has 0 unspecified atom stereocenters. The van der Waals surface area contributed by atoms with Gasteiger partial charge in [0.2, 0.25) is 0 Å². The van der Waals surface area contributed by atoms with E-state index in [1.165, 1.54) is 104 Å². The van der Waals surface area contributed by atoms with Crippen molar-refractivity contribution < 1.29 is 0 Å². The average molecular weight is 796 g/mol. The Bertz CT molecular complexity index is 2910. The second-order valence-electron chi connectivity index (χ2n) is 17.0. The first-order chi connectivity index (χ1) is 30.8. The van der Waals surface area contributed by atoms with E-state index in [1.54, 1.807) is 0 Å². The first kappa shape index (κ1) is 37.8. The average Bonchev–Trinajstić information content (AvgIpc) is 3.65. The summed E-state index contributed by atoms with van der Waals surface area (Å²) >= 11 is 0. The third kappa shape index (κ3) is 6.57. The van der Waals surface area contributed by atoms with E-state index in [0.29, 0.717) is 5.92 Å². The molecule has 0 heterocycles. The number of rotatable bonds is 9. The molecule has 0 N–H and O–H groups in total. The van der Waals surface area contributed by atoms with E-state index < -0.39 is 5.41 Å². The molecule has 0 amide bonds. The Kier molecular flexibility index (Phi) is 9.94. The molecule has 1 saturated carbocycles. The van der Waals surface area contributed by atoms with E-state index in [1.807, 2.05) is 0 Å². The fraction of sp³-hybridized carbons (Fsp3) is 0.115. The van der Waals surface area contributed by atoms with Gasteiger partial charge in [0.05, 0.1) is 11.1 Å². The van der Waals surface area contributed by atoms with Crippen LogP contribution >= 0.6 is 0 Å². The molecule has 1 nitrogen and oxygen atoms in total. The van der Waals surface area contributed by atoms with E-state index in [9.17, 15) is 0 Å². The molecule has 1 fully saturated rings. The van der Waals surface area contributed by atoms with Crippen molar-refractivity contribution in [2.24, 2.45) is 0 Å². The number of benzene rings is 9. The molecule has 0 atom stereocenters. The Morgan fingerprint density at radius 3 is 1.35 bits per heavy atom. The zero-order valence-electron chi connectivity index (χ0n) is 35.0. The van der Waals surface area contributed by atoms with Crippen LogP contribution in [0.25, 0.3) is 44.5 Å². The van der Waals surface area contributed by atoms with E-state index in [4.69, 9.17) is 0 Å². The van der Waals surface area contributed by atoms with Crippen LogP contribution in [0, 0.1) is 0 Å². The molecule has 1 heteroatoms. The topological polar surface area (TPSA) is 3.24 Å². The molecule has 62 heavy (non-hydrogen) atoms. The van der Waals surface area contributed by atoms with E-state index in [0.717, 1.165) is 17.1 Å². The van der Waals surface area contributed by atoms with Crippen LogP contribution in [-0.2, 0) is 5.41 Å². The van der Waals surface area contributed by atoms with Gasteiger partial charge in [0.15, 0.2) is 0 Å². The van der Waals surface area contributed by atoms with Crippen LogP contribution in [0.5, 0.6) is 0 Å². The maximum absolute atomic E-state index is 2.53. The zero-order valence-corrected chi connectivity index (χ0v) is 35.0. The fourth-order valence-corrected chi connectivity index (χ4v) is 10.7. The summed E-state index contributed by atoms with van der Waals surface area (Å²) in [7, 11) is 0. The summed E-state index contributed by atoms with van der Waals surface area (Å²) in [5.41, 5.74) is 19.3. The minimum Gasteiger partial charge on any atom is -0.310 e. The van der Waals surface area contributed by atoms with Gasteiger partial charge in [-0.15, -0.1) is 0 Å². The first-order valence-electron chi connectivity index (χ1n) is 22.4. The molecule has 298 valence electrons. The number of nitrogens with zero attached hydrogens (tertiary/aromatic N) is 1. The molecule has 2 aliphatic carbocycles. The second kappa shape index (κ2) is 16.3. The minimum absolute atomic E-state index is 0.528. The highest BCUT2D eigenvalue weighted by molar-refractivity contribution is 5.97. The number of anilines is 3. The molecular weight excluding hydrogens is 747 g/mol. The van der Waals surface area contributed by atoms with Crippen LogP contribution < -0.4 is 4.90 Å².